The molecule has 1 heterocycles. The molecule has 1 fully saturated rings. The topological polar surface area (TPSA) is 74.2 Å². The second-order valence-electron chi connectivity index (χ2n) is 6.71. The zero-order chi connectivity index (χ0) is 14.8. The SMILES string of the molecule is CCC[C@@H](N)c1nc(C2(OC)CCC(C)(C)CC2)no1. The number of hydrogen-bond acceptors (Lipinski definition) is 5. The summed E-state index contributed by atoms with van der Waals surface area (Å²) in [6.45, 7) is 6.69. The number of nitrogens with zero attached hydrogens (tertiary/aromatic N) is 2. The third kappa shape index (κ3) is 3.04. The summed E-state index contributed by atoms with van der Waals surface area (Å²) in [5, 5.41) is 4.14. The van der Waals surface area contributed by atoms with Gasteiger partial charge in [-0.05, 0) is 37.5 Å². The van der Waals surface area contributed by atoms with Crippen LogP contribution in [0.25, 0.3) is 0 Å². The Morgan fingerprint density at radius 2 is 1.95 bits per heavy atom. The van der Waals surface area contributed by atoms with Gasteiger partial charge in [0.15, 0.2) is 0 Å². The Hall–Kier alpha value is -0.940. The molecule has 2 N–H and O–H groups in total. The average Bonchev–Trinajstić information content (AvgIpc) is 2.90. The summed E-state index contributed by atoms with van der Waals surface area (Å²) in [4.78, 5) is 4.52. The Kier molecular flexibility index (Phi) is 4.49. The van der Waals surface area contributed by atoms with Crippen molar-refractivity contribution in [1.29, 1.82) is 0 Å². The third-order valence-electron chi connectivity index (χ3n) is 4.57. The maximum Gasteiger partial charge on any atom is 0.243 e. The van der Waals surface area contributed by atoms with Crippen molar-refractivity contribution in [1.82, 2.24) is 10.1 Å². The van der Waals surface area contributed by atoms with Gasteiger partial charge in [-0.15, -0.1) is 0 Å². The van der Waals surface area contributed by atoms with Crippen molar-refractivity contribution in [2.24, 2.45) is 11.1 Å². The number of nitrogens with two attached hydrogens (primary N) is 1. The van der Waals surface area contributed by atoms with Gasteiger partial charge in [-0.1, -0.05) is 32.3 Å². The molecule has 0 aromatic carbocycles. The van der Waals surface area contributed by atoms with Crippen LogP contribution in [0.5, 0.6) is 0 Å². The Morgan fingerprint density at radius 3 is 2.50 bits per heavy atom. The minimum absolute atomic E-state index is 0.171. The normalized spacial score (nSPS) is 22.6. The lowest BCUT2D eigenvalue weighted by Crippen LogP contribution is -2.37. The first kappa shape index (κ1) is 15.4. The van der Waals surface area contributed by atoms with Crippen molar-refractivity contribution in [3.05, 3.63) is 11.7 Å². The van der Waals surface area contributed by atoms with E-state index in [1.54, 1.807) is 7.11 Å². The van der Waals surface area contributed by atoms with Gasteiger partial charge in [-0.25, -0.2) is 0 Å². The second-order valence-corrected chi connectivity index (χ2v) is 6.71. The van der Waals surface area contributed by atoms with Gasteiger partial charge in [0.1, 0.15) is 5.60 Å². The molecule has 5 heteroatoms. The summed E-state index contributed by atoms with van der Waals surface area (Å²) in [5.41, 5.74) is 6.01. The van der Waals surface area contributed by atoms with Crippen molar-refractivity contribution >= 4 is 0 Å². The second kappa shape index (κ2) is 5.82. The van der Waals surface area contributed by atoms with Crippen LogP contribution in [0.1, 0.15) is 77.1 Å². The Labute approximate surface area is 121 Å². The van der Waals surface area contributed by atoms with E-state index in [1.165, 1.54) is 0 Å². The van der Waals surface area contributed by atoms with Crippen LogP contribution in [-0.2, 0) is 10.3 Å². The van der Waals surface area contributed by atoms with Gasteiger partial charge in [0, 0.05) is 7.11 Å². The summed E-state index contributed by atoms with van der Waals surface area (Å²) in [6, 6.07) is -0.171. The van der Waals surface area contributed by atoms with E-state index in [0.29, 0.717) is 17.1 Å². The number of rotatable bonds is 5. The summed E-state index contributed by atoms with van der Waals surface area (Å²) >= 11 is 0. The number of ether oxygens (including phenoxy) is 1. The first-order valence-electron chi connectivity index (χ1n) is 7.57. The molecule has 0 aliphatic heterocycles. The monoisotopic (exact) mass is 281 g/mol. The molecule has 0 bridgehead atoms. The van der Waals surface area contributed by atoms with E-state index in [2.05, 4.69) is 30.9 Å². The molecular weight excluding hydrogens is 254 g/mol. The van der Waals surface area contributed by atoms with Gasteiger partial charge >= 0.3 is 0 Å². The summed E-state index contributed by atoms with van der Waals surface area (Å²) in [6.07, 6.45) is 5.92. The maximum absolute atomic E-state index is 6.04. The van der Waals surface area contributed by atoms with Crippen LogP contribution in [0.2, 0.25) is 0 Å². The Balaban J connectivity index is 2.16. The van der Waals surface area contributed by atoms with E-state index in [0.717, 1.165) is 38.5 Å². The highest BCUT2D eigenvalue weighted by atomic mass is 16.5. The molecule has 1 saturated carbocycles. The van der Waals surface area contributed by atoms with Gasteiger partial charge in [0.05, 0.1) is 6.04 Å². The molecule has 0 amide bonds. The van der Waals surface area contributed by atoms with Crippen LogP contribution in [0.3, 0.4) is 0 Å². The van der Waals surface area contributed by atoms with Crippen molar-refractivity contribution in [3.63, 3.8) is 0 Å². The zero-order valence-electron chi connectivity index (χ0n) is 13.1. The Morgan fingerprint density at radius 1 is 1.30 bits per heavy atom. The summed E-state index contributed by atoms with van der Waals surface area (Å²) in [5.74, 6) is 1.19. The molecule has 0 spiro atoms. The van der Waals surface area contributed by atoms with Gasteiger partial charge in [0.2, 0.25) is 11.7 Å². The molecule has 1 atom stereocenters. The molecule has 114 valence electrons. The molecular formula is C15H27N3O2. The fourth-order valence-corrected chi connectivity index (χ4v) is 2.85. The smallest absolute Gasteiger partial charge is 0.243 e. The highest BCUT2D eigenvalue weighted by Gasteiger charge is 2.43. The highest BCUT2D eigenvalue weighted by Crippen LogP contribution is 2.46. The van der Waals surface area contributed by atoms with Crippen LogP contribution >= 0.6 is 0 Å². The molecule has 1 aromatic rings. The molecule has 2 rings (SSSR count). The van der Waals surface area contributed by atoms with E-state index in [-0.39, 0.29) is 6.04 Å². The van der Waals surface area contributed by atoms with Crippen molar-refractivity contribution < 1.29 is 9.26 Å². The lowest BCUT2D eigenvalue weighted by atomic mass is 9.70. The van der Waals surface area contributed by atoms with Crippen molar-refractivity contribution in [2.45, 2.75) is 70.9 Å². The van der Waals surface area contributed by atoms with Gasteiger partial charge in [0.25, 0.3) is 0 Å². The number of methoxy groups -OCH3 is 1. The molecule has 0 radical (unpaired) electrons. The zero-order valence-corrected chi connectivity index (χ0v) is 13.1. The van der Waals surface area contributed by atoms with Gasteiger partial charge in [-0.3, -0.25) is 0 Å². The third-order valence-corrected chi connectivity index (χ3v) is 4.57. The highest BCUT2D eigenvalue weighted by molar-refractivity contribution is 5.06. The van der Waals surface area contributed by atoms with Crippen LogP contribution in [0.4, 0.5) is 0 Å². The minimum Gasteiger partial charge on any atom is -0.370 e. The fourth-order valence-electron chi connectivity index (χ4n) is 2.85. The van der Waals surface area contributed by atoms with E-state index in [4.69, 9.17) is 15.0 Å². The Bertz CT molecular complexity index is 432. The van der Waals surface area contributed by atoms with Crippen LogP contribution in [0, 0.1) is 5.41 Å². The molecule has 1 aliphatic carbocycles. The number of hydrogen-bond donors (Lipinski definition) is 1. The predicted octanol–water partition coefficient (Wildman–Crippen LogP) is 3.31. The predicted molar refractivity (Wildman–Crippen MR) is 77.1 cm³/mol. The largest absolute Gasteiger partial charge is 0.370 e. The maximum atomic E-state index is 6.04. The summed E-state index contributed by atoms with van der Waals surface area (Å²) in [7, 11) is 1.74. The first-order valence-corrected chi connectivity index (χ1v) is 7.57. The lowest BCUT2D eigenvalue weighted by Gasteiger charge is -2.40. The van der Waals surface area contributed by atoms with E-state index < -0.39 is 5.60 Å². The molecule has 0 unspecified atom stereocenters. The molecule has 20 heavy (non-hydrogen) atoms. The van der Waals surface area contributed by atoms with Crippen molar-refractivity contribution in [2.75, 3.05) is 7.11 Å². The van der Waals surface area contributed by atoms with Gasteiger partial charge in [-0.2, -0.15) is 4.98 Å². The van der Waals surface area contributed by atoms with E-state index in [9.17, 15) is 0 Å². The molecule has 1 aliphatic rings. The van der Waals surface area contributed by atoms with Gasteiger partial charge < -0.3 is 15.0 Å². The van der Waals surface area contributed by atoms with Crippen LogP contribution in [-0.4, -0.2) is 17.3 Å². The van der Waals surface area contributed by atoms with Crippen LogP contribution in [0.15, 0.2) is 4.52 Å². The quantitative estimate of drug-likeness (QED) is 0.896. The van der Waals surface area contributed by atoms with E-state index >= 15 is 0 Å². The molecule has 0 saturated heterocycles. The average molecular weight is 281 g/mol. The van der Waals surface area contributed by atoms with Crippen molar-refractivity contribution in [3.8, 4) is 0 Å². The molecule has 1 aromatic heterocycles. The molecule has 5 nitrogen and oxygen atoms in total. The number of aromatic nitrogens is 2. The minimum atomic E-state index is -0.400. The summed E-state index contributed by atoms with van der Waals surface area (Å²) < 4.78 is 11.1. The first-order chi connectivity index (χ1) is 9.42. The fraction of sp³-hybridized carbons (Fsp3) is 0.867. The standard InChI is InChI=1S/C15H27N3O2/c1-5-6-11(16)12-17-13(18-20-12)15(19-4)9-7-14(2,3)8-10-15/h11H,5-10,16H2,1-4H3/t11-/m1/s1. The van der Waals surface area contributed by atoms with Crippen LogP contribution < -0.4 is 5.73 Å². The van der Waals surface area contributed by atoms with E-state index in [1.807, 2.05) is 0 Å². The lowest BCUT2D eigenvalue weighted by molar-refractivity contribution is -0.0740.